The maximum atomic E-state index is 13.3. The minimum Gasteiger partial charge on any atom is -0.447 e. The fraction of sp³-hybridized carbons (Fsp3) is 0.606. The zero-order valence-electron chi connectivity index (χ0n) is 25.4. The number of nitrogens with zero attached hydrogens (tertiary/aromatic N) is 2. The van der Waals surface area contributed by atoms with Gasteiger partial charge in [-0.1, -0.05) is 82.9 Å². The standard InChI is InChI=1S/C33H51N3O5/c1-3-5-6-7-8-9-10-11-12-16-24-39-25-26-40-27-28-41-33(38)34-21-23-36(31-19-14-13-15-20-31)32(37)30-18-17-22-35(4-2)29-30/h13-15,17-20,22,29H,3-12,16,21,23-28H2,1-2H3/p+1. The molecule has 0 unspecified atom stereocenters. The Labute approximate surface area is 247 Å². The lowest BCUT2D eigenvalue weighted by Gasteiger charge is -2.22. The number of alkyl carbamates (subject to hydrolysis) is 1. The van der Waals surface area contributed by atoms with Crippen LogP contribution in [0.2, 0.25) is 0 Å². The van der Waals surface area contributed by atoms with E-state index in [2.05, 4.69) is 12.2 Å². The lowest BCUT2D eigenvalue weighted by Crippen LogP contribution is -2.40. The summed E-state index contributed by atoms with van der Waals surface area (Å²) >= 11 is 0. The van der Waals surface area contributed by atoms with Crippen LogP contribution in [0, 0.1) is 0 Å². The van der Waals surface area contributed by atoms with Crippen LogP contribution in [0.4, 0.5) is 10.5 Å². The number of unbranched alkanes of at least 4 members (excludes halogenated alkanes) is 9. The van der Waals surface area contributed by atoms with Gasteiger partial charge < -0.3 is 24.4 Å². The Morgan fingerprint density at radius 1 is 0.756 bits per heavy atom. The van der Waals surface area contributed by atoms with Crippen LogP contribution in [-0.4, -0.2) is 58.1 Å². The number of pyridine rings is 1. The van der Waals surface area contributed by atoms with Crippen LogP contribution in [0.15, 0.2) is 54.9 Å². The number of aryl methyl sites for hydroxylation is 1. The van der Waals surface area contributed by atoms with E-state index in [4.69, 9.17) is 14.2 Å². The van der Waals surface area contributed by atoms with E-state index in [1.807, 2.05) is 60.3 Å². The number of anilines is 1. The average molecular weight is 571 g/mol. The molecule has 0 aliphatic rings. The smallest absolute Gasteiger partial charge is 0.407 e. The molecule has 41 heavy (non-hydrogen) atoms. The first-order valence-corrected chi connectivity index (χ1v) is 15.6. The van der Waals surface area contributed by atoms with Crippen molar-refractivity contribution in [3.63, 3.8) is 0 Å². The monoisotopic (exact) mass is 570 g/mol. The minimum atomic E-state index is -0.533. The van der Waals surface area contributed by atoms with Gasteiger partial charge in [0.15, 0.2) is 12.4 Å². The van der Waals surface area contributed by atoms with Gasteiger partial charge in [0.25, 0.3) is 5.91 Å². The van der Waals surface area contributed by atoms with Crippen LogP contribution in [0.25, 0.3) is 0 Å². The van der Waals surface area contributed by atoms with Gasteiger partial charge >= 0.3 is 6.09 Å². The second-order valence-corrected chi connectivity index (χ2v) is 10.2. The number of para-hydroxylation sites is 1. The highest BCUT2D eigenvalue weighted by Gasteiger charge is 2.20. The highest BCUT2D eigenvalue weighted by atomic mass is 16.6. The molecule has 0 aliphatic heterocycles. The van der Waals surface area contributed by atoms with Gasteiger partial charge in [-0.15, -0.1) is 0 Å². The van der Waals surface area contributed by atoms with E-state index in [1.54, 1.807) is 11.0 Å². The molecule has 0 aliphatic carbocycles. The largest absolute Gasteiger partial charge is 0.447 e. The molecule has 0 atom stereocenters. The molecule has 0 saturated heterocycles. The lowest BCUT2D eigenvalue weighted by molar-refractivity contribution is -0.693. The molecule has 2 aromatic rings. The van der Waals surface area contributed by atoms with Crippen molar-refractivity contribution in [2.24, 2.45) is 0 Å². The fourth-order valence-corrected chi connectivity index (χ4v) is 4.48. The Balaban J connectivity index is 1.51. The first-order valence-electron chi connectivity index (χ1n) is 15.6. The van der Waals surface area contributed by atoms with Gasteiger partial charge in [-0.25, -0.2) is 9.36 Å². The molecule has 2 amide bonds. The van der Waals surface area contributed by atoms with Crippen LogP contribution in [0.1, 0.15) is 88.4 Å². The van der Waals surface area contributed by atoms with Crippen molar-refractivity contribution in [3.05, 3.63) is 60.4 Å². The summed E-state index contributed by atoms with van der Waals surface area (Å²) in [4.78, 5) is 27.1. The highest BCUT2D eigenvalue weighted by molar-refractivity contribution is 6.05. The number of hydrogen-bond acceptors (Lipinski definition) is 5. The van der Waals surface area contributed by atoms with Crippen LogP contribution < -0.4 is 14.8 Å². The highest BCUT2D eigenvalue weighted by Crippen LogP contribution is 2.16. The summed E-state index contributed by atoms with van der Waals surface area (Å²) in [5, 5.41) is 2.73. The van der Waals surface area contributed by atoms with E-state index in [9.17, 15) is 9.59 Å². The summed E-state index contributed by atoms with van der Waals surface area (Å²) in [5.74, 6) is -0.127. The Kier molecular flexibility index (Phi) is 18.9. The number of aromatic nitrogens is 1. The van der Waals surface area contributed by atoms with E-state index in [0.717, 1.165) is 25.3 Å². The number of benzene rings is 1. The molecule has 8 nitrogen and oxygen atoms in total. The number of ether oxygens (including phenoxy) is 3. The van der Waals surface area contributed by atoms with Crippen molar-refractivity contribution in [2.75, 3.05) is 51.0 Å². The van der Waals surface area contributed by atoms with E-state index >= 15 is 0 Å². The van der Waals surface area contributed by atoms with Gasteiger partial charge in [-0.2, -0.15) is 0 Å². The minimum absolute atomic E-state index is 0.127. The van der Waals surface area contributed by atoms with Gasteiger partial charge in [0.1, 0.15) is 18.7 Å². The van der Waals surface area contributed by atoms with Gasteiger partial charge in [-0.05, 0) is 31.5 Å². The molecule has 1 aromatic heterocycles. The molecule has 2 rings (SSSR count). The second-order valence-electron chi connectivity index (χ2n) is 10.2. The van der Waals surface area contributed by atoms with Crippen molar-refractivity contribution in [1.29, 1.82) is 0 Å². The topological polar surface area (TPSA) is 81.0 Å². The third-order valence-electron chi connectivity index (χ3n) is 6.86. The van der Waals surface area contributed by atoms with Crippen molar-refractivity contribution < 1.29 is 28.4 Å². The third kappa shape index (κ3) is 15.6. The number of hydrogen-bond donors (Lipinski definition) is 1. The third-order valence-corrected chi connectivity index (χ3v) is 6.86. The number of rotatable bonds is 23. The van der Waals surface area contributed by atoms with Crippen LogP contribution in [0.5, 0.6) is 0 Å². The van der Waals surface area contributed by atoms with Gasteiger partial charge in [0, 0.05) is 31.5 Å². The summed E-state index contributed by atoms with van der Waals surface area (Å²) in [6.45, 7) is 7.90. The maximum Gasteiger partial charge on any atom is 0.407 e. The Bertz CT molecular complexity index is 957. The quantitative estimate of drug-likeness (QED) is 0.125. The summed E-state index contributed by atoms with van der Waals surface area (Å²) in [6.07, 6.45) is 16.4. The molecular formula is C33H52N3O5+. The summed E-state index contributed by atoms with van der Waals surface area (Å²) in [7, 11) is 0. The predicted octanol–water partition coefficient (Wildman–Crippen LogP) is 6.32. The fourth-order valence-electron chi connectivity index (χ4n) is 4.48. The lowest BCUT2D eigenvalue weighted by atomic mass is 10.1. The first-order chi connectivity index (χ1) is 20.2. The molecule has 0 bridgehead atoms. The molecular weight excluding hydrogens is 518 g/mol. The molecule has 1 aromatic carbocycles. The van der Waals surface area contributed by atoms with Crippen molar-refractivity contribution in [2.45, 2.75) is 84.6 Å². The van der Waals surface area contributed by atoms with E-state index < -0.39 is 6.09 Å². The van der Waals surface area contributed by atoms with Crippen molar-refractivity contribution in [1.82, 2.24) is 5.32 Å². The first kappa shape index (κ1) is 34.2. The molecule has 8 heteroatoms. The number of carbonyl (C=O) groups is 2. The molecule has 0 fully saturated rings. The number of carbonyl (C=O) groups excluding carboxylic acids is 2. The van der Waals surface area contributed by atoms with E-state index in [-0.39, 0.29) is 19.1 Å². The second kappa shape index (κ2) is 22.7. The molecule has 0 radical (unpaired) electrons. The van der Waals surface area contributed by atoms with Gasteiger partial charge in [0.2, 0.25) is 0 Å². The van der Waals surface area contributed by atoms with E-state index in [0.29, 0.717) is 31.9 Å². The normalized spacial score (nSPS) is 10.9. The Morgan fingerprint density at radius 3 is 2.07 bits per heavy atom. The van der Waals surface area contributed by atoms with Crippen molar-refractivity contribution in [3.8, 4) is 0 Å². The average Bonchev–Trinajstić information content (AvgIpc) is 3.01. The summed E-state index contributed by atoms with van der Waals surface area (Å²) < 4.78 is 18.3. The number of amides is 2. The molecule has 1 heterocycles. The Morgan fingerprint density at radius 2 is 1.39 bits per heavy atom. The molecule has 1 N–H and O–H groups in total. The van der Waals surface area contributed by atoms with Crippen LogP contribution in [-0.2, 0) is 20.8 Å². The predicted molar refractivity (Wildman–Crippen MR) is 163 cm³/mol. The van der Waals surface area contributed by atoms with E-state index in [1.165, 1.54) is 57.8 Å². The van der Waals surface area contributed by atoms with Gasteiger partial charge in [-0.3, -0.25) is 4.79 Å². The molecule has 0 saturated carbocycles. The zero-order chi connectivity index (χ0) is 29.4. The number of nitrogens with one attached hydrogen (secondary N) is 1. The Hall–Kier alpha value is -2.97. The van der Waals surface area contributed by atoms with Gasteiger partial charge in [0.05, 0.1) is 19.8 Å². The van der Waals surface area contributed by atoms with Crippen LogP contribution >= 0.6 is 0 Å². The SMILES string of the molecule is CCCCCCCCCCCCOCCOCCOC(=O)NCCN(C(=O)c1ccc[n+](CC)c1)c1ccccc1. The zero-order valence-corrected chi connectivity index (χ0v) is 25.4. The molecule has 228 valence electrons. The summed E-state index contributed by atoms with van der Waals surface area (Å²) in [6, 6.07) is 13.1. The molecule has 0 spiro atoms. The van der Waals surface area contributed by atoms with Crippen molar-refractivity contribution >= 4 is 17.7 Å². The maximum absolute atomic E-state index is 13.3. The summed E-state index contributed by atoms with van der Waals surface area (Å²) in [5.41, 5.74) is 1.36. The van der Waals surface area contributed by atoms with Crippen LogP contribution in [0.3, 0.4) is 0 Å².